The van der Waals surface area contributed by atoms with Gasteiger partial charge in [-0.15, -0.1) is 0 Å². The van der Waals surface area contributed by atoms with Crippen LogP contribution < -0.4 is 0 Å². The van der Waals surface area contributed by atoms with E-state index >= 15 is 0 Å². The Bertz CT molecular complexity index is 892. The first-order chi connectivity index (χ1) is 12.5. The lowest BCUT2D eigenvalue weighted by Crippen LogP contribution is -2.28. The molecule has 1 N–H and O–H groups in total. The van der Waals surface area contributed by atoms with Gasteiger partial charge in [0.25, 0.3) is 5.91 Å². The zero-order valence-electron chi connectivity index (χ0n) is 14.4. The summed E-state index contributed by atoms with van der Waals surface area (Å²) < 4.78 is 13.3. The van der Waals surface area contributed by atoms with Gasteiger partial charge < -0.3 is 4.90 Å². The number of amides is 1. The summed E-state index contributed by atoms with van der Waals surface area (Å²) in [5, 5.41) is 7.81. The summed E-state index contributed by atoms with van der Waals surface area (Å²) in [6.45, 7) is 0.621. The van der Waals surface area contributed by atoms with Crippen molar-refractivity contribution in [3.8, 4) is 11.3 Å². The van der Waals surface area contributed by atoms with Gasteiger partial charge in [-0.3, -0.25) is 9.89 Å². The van der Waals surface area contributed by atoms with Crippen molar-refractivity contribution in [2.45, 2.75) is 12.8 Å². The number of hydrogen-bond acceptors (Lipinski definition) is 2. The number of nitrogens with one attached hydrogen (secondary N) is 1. The maximum Gasteiger partial charge on any atom is 0.253 e. The van der Waals surface area contributed by atoms with Gasteiger partial charge in [0.1, 0.15) is 5.82 Å². The van der Waals surface area contributed by atoms with Crippen LogP contribution in [0, 0.1) is 5.82 Å². The molecule has 0 spiro atoms. The van der Waals surface area contributed by atoms with E-state index in [9.17, 15) is 9.18 Å². The second kappa shape index (κ2) is 8.15. The number of halogens is 2. The fourth-order valence-electron chi connectivity index (χ4n) is 2.71. The van der Waals surface area contributed by atoms with Gasteiger partial charge in [0.15, 0.2) is 0 Å². The van der Waals surface area contributed by atoms with E-state index in [4.69, 9.17) is 11.6 Å². The number of hydrogen-bond donors (Lipinski definition) is 1. The van der Waals surface area contributed by atoms with Gasteiger partial charge in [-0.05, 0) is 55.3 Å². The van der Waals surface area contributed by atoms with E-state index in [0.717, 1.165) is 24.1 Å². The van der Waals surface area contributed by atoms with Crippen LogP contribution in [0.15, 0.2) is 54.6 Å². The van der Waals surface area contributed by atoms with Crippen LogP contribution in [0.5, 0.6) is 0 Å². The minimum Gasteiger partial charge on any atom is -0.342 e. The number of benzene rings is 2. The fraction of sp³-hybridized carbons (Fsp3) is 0.200. The first-order valence-corrected chi connectivity index (χ1v) is 8.72. The van der Waals surface area contributed by atoms with Gasteiger partial charge >= 0.3 is 0 Å². The molecule has 0 atom stereocenters. The molecule has 0 aliphatic heterocycles. The molecule has 2 aromatic carbocycles. The van der Waals surface area contributed by atoms with Gasteiger partial charge in [-0.2, -0.15) is 5.10 Å². The first kappa shape index (κ1) is 18.1. The molecule has 6 heteroatoms. The van der Waals surface area contributed by atoms with Crippen molar-refractivity contribution in [2.24, 2.45) is 0 Å². The quantitative estimate of drug-likeness (QED) is 0.689. The van der Waals surface area contributed by atoms with Crippen LogP contribution in [-0.2, 0) is 6.42 Å². The molecule has 3 rings (SSSR count). The predicted molar refractivity (Wildman–Crippen MR) is 101 cm³/mol. The SMILES string of the molecule is CN(CCCc1cc(-c2cccc(F)c2)n[nH]1)C(=O)c1ccc(Cl)cc1. The van der Waals surface area contributed by atoms with Crippen LogP contribution in [0.1, 0.15) is 22.5 Å². The van der Waals surface area contributed by atoms with Crippen molar-refractivity contribution in [3.05, 3.63) is 76.7 Å². The molecular formula is C20H19ClFN3O. The molecule has 0 aliphatic rings. The monoisotopic (exact) mass is 371 g/mol. The van der Waals surface area contributed by atoms with Crippen LogP contribution >= 0.6 is 11.6 Å². The van der Waals surface area contributed by atoms with E-state index in [1.807, 2.05) is 12.1 Å². The predicted octanol–water partition coefficient (Wildman–Crippen LogP) is 4.57. The largest absolute Gasteiger partial charge is 0.342 e. The van der Waals surface area contributed by atoms with E-state index in [0.29, 0.717) is 22.8 Å². The molecule has 1 heterocycles. The third kappa shape index (κ3) is 4.49. The Kier molecular flexibility index (Phi) is 5.68. The summed E-state index contributed by atoms with van der Waals surface area (Å²) >= 11 is 5.85. The molecule has 0 saturated heterocycles. The van der Waals surface area contributed by atoms with Gasteiger partial charge in [0.2, 0.25) is 0 Å². The number of aromatic amines is 1. The van der Waals surface area contributed by atoms with Gasteiger partial charge in [-0.1, -0.05) is 23.7 Å². The highest BCUT2D eigenvalue weighted by Gasteiger charge is 2.11. The number of rotatable bonds is 6. The van der Waals surface area contributed by atoms with Gasteiger partial charge in [-0.25, -0.2) is 4.39 Å². The Morgan fingerprint density at radius 3 is 2.69 bits per heavy atom. The maximum atomic E-state index is 13.3. The van der Waals surface area contributed by atoms with Crippen molar-refractivity contribution in [1.29, 1.82) is 0 Å². The smallest absolute Gasteiger partial charge is 0.253 e. The Hall–Kier alpha value is -2.66. The van der Waals surface area contributed by atoms with Crippen molar-refractivity contribution in [1.82, 2.24) is 15.1 Å². The lowest BCUT2D eigenvalue weighted by atomic mass is 10.1. The average Bonchev–Trinajstić information content (AvgIpc) is 3.10. The summed E-state index contributed by atoms with van der Waals surface area (Å²) in [6.07, 6.45) is 1.54. The highest BCUT2D eigenvalue weighted by atomic mass is 35.5. The van der Waals surface area contributed by atoms with Gasteiger partial charge in [0, 0.05) is 35.4 Å². The highest BCUT2D eigenvalue weighted by molar-refractivity contribution is 6.30. The zero-order valence-corrected chi connectivity index (χ0v) is 15.1. The molecule has 1 amide bonds. The van der Waals surface area contributed by atoms with E-state index in [-0.39, 0.29) is 11.7 Å². The first-order valence-electron chi connectivity index (χ1n) is 8.34. The minimum absolute atomic E-state index is 0.0354. The molecule has 0 aliphatic carbocycles. The molecule has 1 aromatic heterocycles. The van der Waals surface area contributed by atoms with Crippen LogP contribution in [0.4, 0.5) is 4.39 Å². The Labute approximate surface area is 156 Å². The molecule has 3 aromatic rings. The van der Waals surface area contributed by atoms with Crippen LogP contribution in [0.25, 0.3) is 11.3 Å². The lowest BCUT2D eigenvalue weighted by Gasteiger charge is -2.16. The molecule has 134 valence electrons. The van der Waals surface area contributed by atoms with Crippen LogP contribution in [-0.4, -0.2) is 34.6 Å². The van der Waals surface area contributed by atoms with E-state index in [1.165, 1.54) is 12.1 Å². The van der Waals surface area contributed by atoms with Gasteiger partial charge in [0.05, 0.1) is 5.69 Å². The van der Waals surface area contributed by atoms with Crippen molar-refractivity contribution >= 4 is 17.5 Å². The van der Waals surface area contributed by atoms with E-state index in [1.54, 1.807) is 42.3 Å². The second-order valence-corrected chi connectivity index (χ2v) is 6.56. The van der Waals surface area contributed by atoms with Crippen LogP contribution in [0.2, 0.25) is 5.02 Å². The number of aryl methyl sites for hydroxylation is 1. The molecule has 0 fully saturated rings. The number of carbonyl (C=O) groups excluding carboxylic acids is 1. The van der Waals surface area contributed by atoms with E-state index in [2.05, 4.69) is 10.2 Å². The number of nitrogens with zero attached hydrogens (tertiary/aromatic N) is 2. The summed E-state index contributed by atoms with van der Waals surface area (Å²) in [5.41, 5.74) is 3.02. The summed E-state index contributed by atoms with van der Waals surface area (Å²) in [4.78, 5) is 14.0. The number of H-pyrrole nitrogens is 1. The minimum atomic E-state index is -0.283. The standard InChI is InChI=1S/C20H19ClFN3O/c1-25(20(26)14-7-9-16(21)10-8-14)11-3-6-18-13-19(24-23-18)15-4-2-5-17(22)12-15/h2,4-5,7-10,12-13H,3,6,11H2,1H3,(H,23,24). The van der Waals surface area contributed by atoms with Crippen molar-refractivity contribution < 1.29 is 9.18 Å². The van der Waals surface area contributed by atoms with Crippen molar-refractivity contribution in [2.75, 3.05) is 13.6 Å². The van der Waals surface area contributed by atoms with Crippen LogP contribution in [0.3, 0.4) is 0 Å². The Morgan fingerprint density at radius 2 is 1.96 bits per heavy atom. The summed E-state index contributed by atoms with van der Waals surface area (Å²) in [6, 6.07) is 15.1. The molecule has 0 saturated carbocycles. The third-order valence-corrected chi connectivity index (χ3v) is 4.38. The molecule has 0 bridgehead atoms. The zero-order chi connectivity index (χ0) is 18.5. The Morgan fingerprint density at radius 1 is 1.19 bits per heavy atom. The molecule has 0 unspecified atom stereocenters. The maximum absolute atomic E-state index is 13.3. The lowest BCUT2D eigenvalue weighted by molar-refractivity contribution is 0.0793. The molecule has 0 radical (unpaired) electrons. The van der Waals surface area contributed by atoms with E-state index < -0.39 is 0 Å². The Balaban J connectivity index is 1.53. The summed E-state index contributed by atoms with van der Waals surface area (Å²) in [5.74, 6) is -0.318. The number of aromatic nitrogens is 2. The summed E-state index contributed by atoms with van der Waals surface area (Å²) in [7, 11) is 1.78. The average molecular weight is 372 g/mol. The second-order valence-electron chi connectivity index (χ2n) is 6.13. The molecular weight excluding hydrogens is 353 g/mol. The fourth-order valence-corrected chi connectivity index (χ4v) is 2.83. The molecule has 4 nitrogen and oxygen atoms in total. The topological polar surface area (TPSA) is 49.0 Å². The van der Waals surface area contributed by atoms with Crippen molar-refractivity contribution in [3.63, 3.8) is 0 Å². The number of carbonyl (C=O) groups is 1. The molecule has 26 heavy (non-hydrogen) atoms. The highest BCUT2D eigenvalue weighted by Crippen LogP contribution is 2.19. The normalized spacial score (nSPS) is 10.7. The third-order valence-electron chi connectivity index (χ3n) is 4.13.